The van der Waals surface area contributed by atoms with Crippen LogP contribution < -0.4 is 11.1 Å². The third-order valence-electron chi connectivity index (χ3n) is 2.60. The Hall–Kier alpha value is -1.94. The van der Waals surface area contributed by atoms with E-state index in [0.717, 1.165) is 10.5 Å². The number of anilines is 2. The van der Waals surface area contributed by atoms with Gasteiger partial charge in [-0.15, -0.1) is 11.8 Å². The molecule has 1 amide bonds. The van der Waals surface area contributed by atoms with E-state index in [1.165, 1.54) is 11.8 Å². The molecule has 2 aromatic rings. The quantitative estimate of drug-likeness (QED) is 0.663. The van der Waals surface area contributed by atoms with Crippen molar-refractivity contribution in [1.82, 2.24) is 0 Å². The van der Waals surface area contributed by atoms with Gasteiger partial charge in [0.2, 0.25) is 5.91 Å². The fourth-order valence-corrected chi connectivity index (χ4v) is 2.35. The number of amides is 1. The van der Waals surface area contributed by atoms with Crippen LogP contribution in [0.2, 0.25) is 0 Å². The lowest BCUT2D eigenvalue weighted by Gasteiger charge is -2.09. The molecule has 0 bridgehead atoms. The lowest BCUT2D eigenvalue weighted by atomic mass is 10.2. The molecular formula is C15H16N2OS. The monoisotopic (exact) mass is 272 g/mol. The first-order valence-electron chi connectivity index (χ1n) is 5.99. The molecule has 0 radical (unpaired) electrons. The van der Waals surface area contributed by atoms with Crippen LogP contribution in [-0.2, 0) is 4.79 Å². The average Bonchev–Trinajstić information content (AvgIpc) is 2.42. The van der Waals surface area contributed by atoms with Gasteiger partial charge in [0, 0.05) is 4.90 Å². The predicted octanol–water partition coefficient (Wildman–Crippen LogP) is 3.31. The van der Waals surface area contributed by atoms with Crippen LogP contribution in [0, 0.1) is 6.92 Å². The van der Waals surface area contributed by atoms with Gasteiger partial charge in [-0.25, -0.2) is 0 Å². The lowest BCUT2D eigenvalue weighted by molar-refractivity contribution is -0.113. The smallest absolute Gasteiger partial charge is 0.234 e. The van der Waals surface area contributed by atoms with Gasteiger partial charge in [0.15, 0.2) is 0 Å². The van der Waals surface area contributed by atoms with Gasteiger partial charge in [0.25, 0.3) is 0 Å². The van der Waals surface area contributed by atoms with Gasteiger partial charge < -0.3 is 11.1 Å². The summed E-state index contributed by atoms with van der Waals surface area (Å²) in [5.41, 5.74) is 8.16. The van der Waals surface area contributed by atoms with Crippen LogP contribution >= 0.6 is 11.8 Å². The molecule has 0 aromatic heterocycles. The number of rotatable bonds is 4. The van der Waals surface area contributed by atoms with E-state index in [4.69, 9.17) is 5.73 Å². The summed E-state index contributed by atoms with van der Waals surface area (Å²) in [6.07, 6.45) is 0. The number of nitrogen functional groups attached to an aromatic ring is 1. The Labute approximate surface area is 117 Å². The van der Waals surface area contributed by atoms with E-state index in [1.807, 2.05) is 49.4 Å². The number of hydrogen-bond donors (Lipinski definition) is 2. The van der Waals surface area contributed by atoms with Gasteiger partial charge in [-0.05, 0) is 36.8 Å². The molecule has 0 saturated carbocycles. The van der Waals surface area contributed by atoms with Crippen molar-refractivity contribution in [3.63, 3.8) is 0 Å². The fraction of sp³-hybridized carbons (Fsp3) is 0.133. The summed E-state index contributed by atoms with van der Waals surface area (Å²) < 4.78 is 0. The van der Waals surface area contributed by atoms with Crippen LogP contribution in [-0.4, -0.2) is 11.7 Å². The summed E-state index contributed by atoms with van der Waals surface area (Å²) in [4.78, 5) is 12.9. The molecule has 0 aliphatic rings. The van der Waals surface area contributed by atoms with Crippen molar-refractivity contribution in [2.75, 3.05) is 16.8 Å². The molecule has 2 rings (SSSR count). The molecule has 2 aromatic carbocycles. The minimum absolute atomic E-state index is 0.0499. The number of carbonyl (C=O) groups excluding carboxylic acids is 1. The number of hydrogen-bond acceptors (Lipinski definition) is 3. The zero-order valence-corrected chi connectivity index (χ0v) is 11.5. The number of benzene rings is 2. The first kappa shape index (κ1) is 13.5. The number of thioether (sulfide) groups is 1. The Kier molecular flexibility index (Phi) is 4.47. The summed E-state index contributed by atoms with van der Waals surface area (Å²) >= 11 is 1.50. The zero-order chi connectivity index (χ0) is 13.7. The van der Waals surface area contributed by atoms with Crippen molar-refractivity contribution in [3.8, 4) is 0 Å². The Morgan fingerprint density at radius 3 is 2.68 bits per heavy atom. The molecular weight excluding hydrogens is 256 g/mol. The lowest BCUT2D eigenvalue weighted by Crippen LogP contribution is -2.15. The van der Waals surface area contributed by atoms with Crippen LogP contribution in [0.1, 0.15) is 5.56 Å². The minimum Gasteiger partial charge on any atom is -0.397 e. The van der Waals surface area contributed by atoms with E-state index in [1.54, 1.807) is 6.07 Å². The van der Waals surface area contributed by atoms with Crippen LogP contribution in [0.4, 0.5) is 11.4 Å². The van der Waals surface area contributed by atoms with Gasteiger partial charge in [-0.3, -0.25) is 4.79 Å². The summed E-state index contributed by atoms with van der Waals surface area (Å²) in [7, 11) is 0. The fourth-order valence-electron chi connectivity index (χ4n) is 1.63. The molecule has 0 unspecified atom stereocenters. The molecule has 0 saturated heterocycles. The van der Waals surface area contributed by atoms with Gasteiger partial charge in [-0.2, -0.15) is 0 Å². The largest absolute Gasteiger partial charge is 0.397 e. The van der Waals surface area contributed by atoms with Crippen molar-refractivity contribution in [2.24, 2.45) is 0 Å². The second-order valence-corrected chi connectivity index (χ2v) is 5.29. The Bertz CT molecular complexity index is 570. The molecule has 0 aliphatic carbocycles. The van der Waals surface area contributed by atoms with Crippen molar-refractivity contribution >= 4 is 29.0 Å². The SMILES string of the molecule is Cc1ccc(N)c(NC(=O)CSc2ccccc2)c1. The van der Waals surface area contributed by atoms with Crippen LogP contribution in [0.3, 0.4) is 0 Å². The highest BCUT2D eigenvalue weighted by Gasteiger charge is 2.06. The molecule has 0 fully saturated rings. The molecule has 0 aliphatic heterocycles. The van der Waals surface area contributed by atoms with Crippen LogP contribution in [0.5, 0.6) is 0 Å². The number of aryl methyl sites for hydroxylation is 1. The maximum Gasteiger partial charge on any atom is 0.234 e. The van der Waals surface area contributed by atoms with E-state index < -0.39 is 0 Å². The first-order chi connectivity index (χ1) is 9.15. The van der Waals surface area contributed by atoms with Gasteiger partial charge in [0.1, 0.15) is 0 Å². The van der Waals surface area contributed by atoms with Crippen molar-refractivity contribution < 1.29 is 4.79 Å². The second kappa shape index (κ2) is 6.29. The number of nitrogens with one attached hydrogen (secondary N) is 1. The Balaban J connectivity index is 1.93. The van der Waals surface area contributed by atoms with Gasteiger partial charge >= 0.3 is 0 Å². The molecule has 19 heavy (non-hydrogen) atoms. The van der Waals surface area contributed by atoms with Crippen LogP contribution in [0.25, 0.3) is 0 Å². The van der Waals surface area contributed by atoms with E-state index >= 15 is 0 Å². The third kappa shape index (κ3) is 4.03. The average molecular weight is 272 g/mol. The normalized spacial score (nSPS) is 10.2. The van der Waals surface area contributed by atoms with E-state index in [9.17, 15) is 4.79 Å². The molecule has 0 heterocycles. The molecule has 0 atom stereocenters. The third-order valence-corrected chi connectivity index (χ3v) is 3.61. The maximum absolute atomic E-state index is 11.9. The summed E-state index contributed by atoms with van der Waals surface area (Å²) in [6, 6.07) is 15.4. The summed E-state index contributed by atoms with van der Waals surface area (Å²) in [6.45, 7) is 1.97. The standard InChI is InChI=1S/C15H16N2OS/c1-11-7-8-13(16)14(9-11)17-15(18)10-19-12-5-3-2-4-6-12/h2-9H,10,16H2,1H3,(H,17,18). The number of nitrogens with two attached hydrogens (primary N) is 1. The molecule has 98 valence electrons. The molecule has 3 nitrogen and oxygen atoms in total. The van der Waals surface area contributed by atoms with Crippen molar-refractivity contribution in [3.05, 3.63) is 54.1 Å². The highest BCUT2D eigenvalue weighted by atomic mass is 32.2. The van der Waals surface area contributed by atoms with E-state index in [0.29, 0.717) is 17.1 Å². The van der Waals surface area contributed by atoms with Crippen molar-refractivity contribution in [2.45, 2.75) is 11.8 Å². The van der Waals surface area contributed by atoms with E-state index in [-0.39, 0.29) is 5.91 Å². The summed E-state index contributed by atoms with van der Waals surface area (Å²) in [5.74, 6) is 0.323. The number of carbonyl (C=O) groups is 1. The summed E-state index contributed by atoms with van der Waals surface area (Å²) in [5, 5.41) is 2.84. The second-order valence-electron chi connectivity index (χ2n) is 4.24. The Morgan fingerprint density at radius 2 is 1.95 bits per heavy atom. The van der Waals surface area contributed by atoms with Crippen molar-refractivity contribution in [1.29, 1.82) is 0 Å². The minimum atomic E-state index is -0.0499. The zero-order valence-electron chi connectivity index (χ0n) is 10.7. The maximum atomic E-state index is 11.9. The molecule has 0 spiro atoms. The topological polar surface area (TPSA) is 55.1 Å². The molecule has 4 heteroatoms. The van der Waals surface area contributed by atoms with E-state index in [2.05, 4.69) is 5.32 Å². The Morgan fingerprint density at radius 1 is 1.21 bits per heavy atom. The molecule has 3 N–H and O–H groups in total. The highest BCUT2D eigenvalue weighted by Crippen LogP contribution is 2.21. The highest BCUT2D eigenvalue weighted by molar-refractivity contribution is 8.00. The van der Waals surface area contributed by atoms with Crippen LogP contribution in [0.15, 0.2) is 53.4 Å². The predicted molar refractivity (Wildman–Crippen MR) is 81.4 cm³/mol. The first-order valence-corrected chi connectivity index (χ1v) is 6.97. The van der Waals surface area contributed by atoms with Gasteiger partial charge in [0.05, 0.1) is 17.1 Å². The van der Waals surface area contributed by atoms with Gasteiger partial charge in [-0.1, -0.05) is 24.3 Å².